The quantitative estimate of drug-likeness (QED) is 0.779. The molecule has 0 radical (unpaired) electrons. The van der Waals surface area contributed by atoms with E-state index in [9.17, 15) is 4.79 Å². The van der Waals surface area contributed by atoms with Crippen LogP contribution in [-0.2, 0) is 0 Å². The maximum Gasteiger partial charge on any atom is 0.168 e. The predicted molar refractivity (Wildman–Crippen MR) is 58.8 cm³/mol. The Labute approximate surface area is 87.9 Å². The van der Waals surface area contributed by atoms with Crippen LogP contribution in [0, 0.1) is 0 Å². The Morgan fingerprint density at radius 1 is 1.47 bits per heavy atom. The molecule has 0 amide bonds. The Balaban J connectivity index is 2.40. The van der Waals surface area contributed by atoms with Crippen molar-refractivity contribution in [2.75, 3.05) is 0 Å². The van der Waals surface area contributed by atoms with Crippen molar-refractivity contribution < 1.29 is 9.21 Å². The minimum absolute atomic E-state index is 0.0370. The second kappa shape index (κ2) is 3.87. The summed E-state index contributed by atoms with van der Waals surface area (Å²) in [7, 11) is 0. The zero-order chi connectivity index (χ0) is 10.8. The monoisotopic (exact) mass is 203 g/mol. The lowest BCUT2D eigenvalue weighted by molar-refractivity contribution is 0.0977. The van der Waals surface area contributed by atoms with Gasteiger partial charge in [-0.15, -0.1) is 0 Å². The molecule has 78 valence electrons. The highest BCUT2D eigenvalue weighted by atomic mass is 16.3. The molecule has 1 heterocycles. The highest BCUT2D eigenvalue weighted by molar-refractivity contribution is 6.07. The summed E-state index contributed by atoms with van der Waals surface area (Å²) in [6.45, 7) is 1.82. The van der Waals surface area contributed by atoms with Gasteiger partial charge in [0.05, 0.1) is 5.56 Å². The second-order valence-electron chi connectivity index (χ2n) is 3.75. The van der Waals surface area contributed by atoms with Gasteiger partial charge in [-0.25, -0.2) is 0 Å². The van der Waals surface area contributed by atoms with Crippen molar-refractivity contribution in [3.05, 3.63) is 36.1 Å². The molecular weight excluding hydrogens is 190 g/mol. The number of ketones is 1. The van der Waals surface area contributed by atoms with Crippen molar-refractivity contribution in [2.24, 2.45) is 5.73 Å². The lowest BCUT2D eigenvalue weighted by atomic mass is 10.0. The Hall–Kier alpha value is -1.61. The zero-order valence-electron chi connectivity index (χ0n) is 8.57. The number of hydrogen-bond acceptors (Lipinski definition) is 3. The van der Waals surface area contributed by atoms with Crippen molar-refractivity contribution in [2.45, 2.75) is 19.4 Å². The number of para-hydroxylation sites is 1. The molecule has 15 heavy (non-hydrogen) atoms. The van der Waals surface area contributed by atoms with Gasteiger partial charge in [0, 0.05) is 17.8 Å². The summed E-state index contributed by atoms with van der Waals surface area (Å²) in [6, 6.07) is 7.38. The average Bonchev–Trinajstić information content (AvgIpc) is 2.59. The number of carbonyl (C=O) groups excluding carboxylic acids is 1. The Morgan fingerprint density at radius 2 is 2.20 bits per heavy atom. The summed E-state index contributed by atoms with van der Waals surface area (Å²) in [5.74, 6) is 0.0370. The first-order valence-electron chi connectivity index (χ1n) is 4.93. The highest BCUT2D eigenvalue weighted by Crippen LogP contribution is 2.21. The highest BCUT2D eigenvalue weighted by Gasteiger charge is 2.14. The van der Waals surface area contributed by atoms with E-state index in [1.165, 1.54) is 6.26 Å². The zero-order valence-corrected chi connectivity index (χ0v) is 8.57. The summed E-state index contributed by atoms with van der Waals surface area (Å²) in [6.07, 6.45) is 1.86. The SMILES string of the molecule is CC(N)CC(=O)c1coc2ccccc12. The van der Waals surface area contributed by atoms with Gasteiger partial charge < -0.3 is 10.2 Å². The fourth-order valence-electron chi connectivity index (χ4n) is 1.60. The molecule has 1 aromatic heterocycles. The maximum atomic E-state index is 11.8. The largest absolute Gasteiger partial charge is 0.464 e. The number of rotatable bonds is 3. The number of fused-ring (bicyclic) bond motifs is 1. The van der Waals surface area contributed by atoms with Crippen molar-refractivity contribution in [1.82, 2.24) is 0 Å². The molecule has 0 bridgehead atoms. The third kappa shape index (κ3) is 1.92. The van der Waals surface area contributed by atoms with Crippen LogP contribution in [0.25, 0.3) is 11.0 Å². The van der Waals surface area contributed by atoms with Crippen LogP contribution in [-0.4, -0.2) is 11.8 Å². The second-order valence-corrected chi connectivity index (χ2v) is 3.75. The van der Waals surface area contributed by atoms with E-state index in [1.54, 1.807) is 0 Å². The molecule has 2 aromatic rings. The molecule has 0 saturated heterocycles. The van der Waals surface area contributed by atoms with Crippen LogP contribution in [0.4, 0.5) is 0 Å². The van der Waals surface area contributed by atoms with E-state index in [0.717, 1.165) is 11.0 Å². The van der Waals surface area contributed by atoms with Crippen molar-refractivity contribution in [3.63, 3.8) is 0 Å². The standard InChI is InChI=1S/C12H13NO2/c1-8(13)6-11(14)10-7-15-12-5-3-2-4-9(10)12/h2-5,7-8H,6,13H2,1H3. The van der Waals surface area contributed by atoms with E-state index in [-0.39, 0.29) is 11.8 Å². The van der Waals surface area contributed by atoms with Gasteiger partial charge in [0.2, 0.25) is 0 Å². The Kier molecular flexibility index (Phi) is 2.56. The summed E-state index contributed by atoms with van der Waals surface area (Å²) in [5, 5.41) is 0.864. The first kappa shape index (κ1) is 9.93. The van der Waals surface area contributed by atoms with Crippen LogP contribution in [0.2, 0.25) is 0 Å². The molecular formula is C12H13NO2. The lowest BCUT2D eigenvalue weighted by Gasteiger charge is -2.01. The molecule has 3 nitrogen and oxygen atoms in total. The van der Waals surface area contributed by atoms with Gasteiger partial charge in [-0.2, -0.15) is 0 Å². The summed E-state index contributed by atoms with van der Waals surface area (Å²) in [5.41, 5.74) is 6.96. The smallest absolute Gasteiger partial charge is 0.168 e. The first-order valence-corrected chi connectivity index (χ1v) is 4.93. The number of hydrogen-bond donors (Lipinski definition) is 1. The third-order valence-electron chi connectivity index (χ3n) is 2.29. The molecule has 1 unspecified atom stereocenters. The molecule has 2 rings (SSSR count). The van der Waals surface area contributed by atoms with Crippen molar-refractivity contribution in [3.8, 4) is 0 Å². The molecule has 1 aromatic carbocycles. The van der Waals surface area contributed by atoms with Crippen LogP contribution in [0.1, 0.15) is 23.7 Å². The number of nitrogens with two attached hydrogens (primary N) is 1. The fraction of sp³-hybridized carbons (Fsp3) is 0.250. The summed E-state index contributed by atoms with van der Waals surface area (Å²) in [4.78, 5) is 11.8. The van der Waals surface area contributed by atoms with Crippen LogP contribution in [0.5, 0.6) is 0 Å². The van der Waals surface area contributed by atoms with Gasteiger partial charge in [-0.1, -0.05) is 18.2 Å². The summed E-state index contributed by atoms with van der Waals surface area (Å²) >= 11 is 0. The molecule has 0 saturated carbocycles. The van der Waals surface area contributed by atoms with Crippen molar-refractivity contribution >= 4 is 16.8 Å². The number of furan rings is 1. The summed E-state index contributed by atoms with van der Waals surface area (Å²) < 4.78 is 5.29. The van der Waals surface area contributed by atoms with Gasteiger partial charge in [-0.3, -0.25) is 4.79 Å². The molecule has 0 aliphatic heterocycles. The van der Waals surface area contributed by atoms with E-state index in [0.29, 0.717) is 12.0 Å². The van der Waals surface area contributed by atoms with E-state index < -0.39 is 0 Å². The van der Waals surface area contributed by atoms with E-state index in [2.05, 4.69) is 0 Å². The molecule has 0 aliphatic carbocycles. The van der Waals surface area contributed by atoms with E-state index in [1.807, 2.05) is 31.2 Å². The molecule has 1 atom stereocenters. The third-order valence-corrected chi connectivity index (χ3v) is 2.29. The fourth-order valence-corrected chi connectivity index (χ4v) is 1.60. The number of benzene rings is 1. The van der Waals surface area contributed by atoms with Crippen LogP contribution in [0.3, 0.4) is 0 Å². The average molecular weight is 203 g/mol. The maximum absolute atomic E-state index is 11.8. The van der Waals surface area contributed by atoms with Crippen LogP contribution >= 0.6 is 0 Å². The van der Waals surface area contributed by atoms with Gasteiger partial charge in [0.15, 0.2) is 5.78 Å². The van der Waals surface area contributed by atoms with Gasteiger partial charge >= 0.3 is 0 Å². The minimum Gasteiger partial charge on any atom is -0.464 e. The Morgan fingerprint density at radius 3 is 2.93 bits per heavy atom. The topological polar surface area (TPSA) is 56.2 Å². The van der Waals surface area contributed by atoms with Crippen LogP contribution < -0.4 is 5.73 Å². The molecule has 3 heteroatoms. The number of Topliss-reactive ketones (excluding diaryl/α,β-unsaturated/α-hetero) is 1. The van der Waals surface area contributed by atoms with Gasteiger partial charge in [-0.05, 0) is 13.0 Å². The molecule has 0 fully saturated rings. The minimum atomic E-state index is -0.119. The van der Waals surface area contributed by atoms with Crippen molar-refractivity contribution in [1.29, 1.82) is 0 Å². The molecule has 0 aliphatic rings. The molecule has 0 spiro atoms. The normalized spacial score (nSPS) is 12.9. The Bertz CT molecular complexity index is 485. The number of carbonyl (C=O) groups is 1. The van der Waals surface area contributed by atoms with Gasteiger partial charge in [0.25, 0.3) is 0 Å². The molecule has 2 N–H and O–H groups in total. The van der Waals surface area contributed by atoms with Crippen LogP contribution in [0.15, 0.2) is 34.9 Å². The lowest BCUT2D eigenvalue weighted by Crippen LogP contribution is -2.19. The van der Waals surface area contributed by atoms with Gasteiger partial charge in [0.1, 0.15) is 11.8 Å². The first-order chi connectivity index (χ1) is 7.18. The van der Waals surface area contributed by atoms with E-state index in [4.69, 9.17) is 10.2 Å². The van der Waals surface area contributed by atoms with E-state index >= 15 is 0 Å². The predicted octanol–water partition coefficient (Wildman–Crippen LogP) is 2.35.